The Hall–Kier alpha value is -3.48. The van der Waals surface area contributed by atoms with E-state index in [0.717, 1.165) is 65.9 Å². The lowest BCUT2D eigenvalue weighted by atomic mass is 9.99. The normalized spacial score (nSPS) is 16.7. The van der Waals surface area contributed by atoms with Crippen LogP contribution in [0.4, 0.5) is 0 Å². The maximum Gasteiger partial charge on any atom is 0.225 e. The van der Waals surface area contributed by atoms with Gasteiger partial charge >= 0.3 is 0 Å². The first-order valence-corrected chi connectivity index (χ1v) is 10.4. The Bertz CT molecular complexity index is 1210. The number of aromatic amines is 1. The van der Waals surface area contributed by atoms with E-state index in [1.165, 1.54) is 0 Å². The second-order valence-corrected chi connectivity index (χ2v) is 8.44. The van der Waals surface area contributed by atoms with Gasteiger partial charge in [0.15, 0.2) is 5.82 Å². The van der Waals surface area contributed by atoms with E-state index in [1.807, 2.05) is 11.1 Å². The molecule has 0 spiro atoms. The molecule has 1 amide bonds. The number of carbonyl (C=O) groups excluding carboxylic acids is 1. The van der Waals surface area contributed by atoms with Crippen LogP contribution in [0.2, 0.25) is 0 Å². The predicted octanol–water partition coefficient (Wildman–Crippen LogP) is 3.36. The molecule has 0 bridgehead atoms. The van der Waals surface area contributed by atoms with Crippen molar-refractivity contribution in [1.29, 1.82) is 0 Å². The van der Waals surface area contributed by atoms with Gasteiger partial charge in [-0.2, -0.15) is 5.10 Å². The first kappa shape index (κ1) is 17.4. The summed E-state index contributed by atoms with van der Waals surface area (Å²) in [4.78, 5) is 14.1. The van der Waals surface area contributed by atoms with Crippen LogP contribution in [-0.4, -0.2) is 48.9 Å². The van der Waals surface area contributed by atoms with Crippen LogP contribution >= 0.6 is 0 Å². The molecule has 2 fully saturated rings. The number of benzene rings is 2. The van der Waals surface area contributed by atoms with E-state index >= 15 is 0 Å². The van der Waals surface area contributed by atoms with Gasteiger partial charge in [-0.15, -0.1) is 10.2 Å². The van der Waals surface area contributed by atoms with Gasteiger partial charge in [-0.05, 0) is 36.1 Å². The average molecular weight is 398 g/mol. The minimum Gasteiger partial charge on any atom is -0.342 e. The van der Waals surface area contributed by atoms with Gasteiger partial charge in [0.2, 0.25) is 5.91 Å². The summed E-state index contributed by atoms with van der Waals surface area (Å²) in [5.41, 5.74) is 4.40. The topological polar surface area (TPSA) is 79.7 Å². The fourth-order valence-corrected chi connectivity index (χ4v) is 4.28. The van der Waals surface area contributed by atoms with Crippen molar-refractivity contribution in [2.45, 2.75) is 19.4 Å². The van der Waals surface area contributed by atoms with Gasteiger partial charge in [-0.3, -0.25) is 9.89 Å². The van der Waals surface area contributed by atoms with Gasteiger partial charge in [0.1, 0.15) is 6.33 Å². The van der Waals surface area contributed by atoms with Crippen molar-refractivity contribution in [1.82, 2.24) is 29.9 Å². The molecule has 2 aromatic carbocycles. The van der Waals surface area contributed by atoms with Crippen molar-refractivity contribution >= 4 is 16.8 Å². The molecule has 6 rings (SSSR count). The molecule has 7 heteroatoms. The molecule has 2 aliphatic rings. The molecule has 1 saturated carbocycles. The smallest absolute Gasteiger partial charge is 0.225 e. The SMILES string of the molecule is O=C(C1CC1)N1CC(Cn2cnnc2-c2ccc(-c3ccc4[nH]ncc4c3)cc2)C1. The average Bonchev–Trinajstić information content (AvgIpc) is 3.31. The minimum atomic E-state index is 0.309. The number of nitrogens with zero attached hydrogens (tertiary/aromatic N) is 5. The van der Waals surface area contributed by atoms with Gasteiger partial charge in [0, 0.05) is 42.4 Å². The summed E-state index contributed by atoms with van der Waals surface area (Å²) in [5.74, 6) is 2.01. The molecule has 150 valence electrons. The van der Waals surface area contributed by atoms with Crippen molar-refractivity contribution in [3.8, 4) is 22.5 Å². The quantitative estimate of drug-likeness (QED) is 0.559. The summed E-state index contributed by atoms with van der Waals surface area (Å²) in [6, 6.07) is 14.7. The number of nitrogens with one attached hydrogen (secondary N) is 1. The van der Waals surface area contributed by atoms with Crippen LogP contribution < -0.4 is 0 Å². The molecule has 1 N–H and O–H groups in total. The van der Waals surface area contributed by atoms with Crippen molar-refractivity contribution in [3.63, 3.8) is 0 Å². The number of carbonyl (C=O) groups is 1. The Morgan fingerprint density at radius 2 is 1.80 bits per heavy atom. The summed E-state index contributed by atoms with van der Waals surface area (Å²) in [6.07, 6.45) is 5.78. The highest BCUT2D eigenvalue weighted by Gasteiger charge is 2.39. The molecule has 1 aliphatic carbocycles. The summed E-state index contributed by atoms with van der Waals surface area (Å²) in [5, 5.41) is 16.7. The second-order valence-electron chi connectivity index (χ2n) is 8.44. The van der Waals surface area contributed by atoms with Gasteiger partial charge in [0.25, 0.3) is 0 Å². The highest BCUT2D eigenvalue weighted by Crippen LogP contribution is 2.34. The number of likely N-dealkylation sites (tertiary alicyclic amines) is 1. The number of rotatable bonds is 5. The molecule has 0 radical (unpaired) electrons. The molecule has 4 aromatic rings. The number of H-pyrrole nitrogens is 1. The zero-order chi connectivity index (χ0) is 20.1. The van der Waals surface area contributed by atoms with Gasteiger partial charge < -0.3 is 9.47 Å². The van der Waals surface area contributed by atoms with Crippen LogP contribution in [0.1, 0.15) is 12.8 Å². The maximum absolute atomic E-state index is 12.1. The zero-order valence-corrected chi connectivity index (χ0v) is 16.5. The van der Waals surface area contributed by atoms with Gasteiger partial charge in [-0.1, -0.05) is 30.3 Å². The fraction of sp³-hybridized carbons (Fsp3) is 0.304. The second kappa shape index (κ2) is 6.79. The number of amides is 1. The van der Waals surface area contributed by atoms with E-state index < -0.39 is 0 Å². The zero-order valence-electron chi connectivity index (χ0n) is 16.5. The summed E-state index contributed by atoms with van der Waals surface area (Å²) >= 11 is 0. The Morgan fingerprint density at radius 3 is 2.60 bits per heavy atom. The number of aromatic nitrogens is 5. The molecule has 0 atom stereocenters. The van der Waals surface area contributed by atoms with E-state index in [4.69, 9.17) is 0 Å². The Balaban J connectivity index is 1.17. The van der Waals surface area contributed by atoms with Gasteiger partial charge in [0.05, 0.1) is 11.7 Å². The summed E-state index contributed by atoms with van der Waals surface area (Å²) < 4.78 is 2.11. The molecule has 1 aliphatic heterocycles. The van der Waals surface area contributed by atoms with E-state index in [1.54, 1.807) is 6.33 Å². The van der Waals surface area contributed by atoms with Crippen molar-refractivity contribution in [2.75, 3.05) is 13.1 Å². The molecular formula is C23H22N6O. The fourth-order valence-electron chi connectivity index (χ4n) is 4.28. The largest absolute Gasteiger partial charge is 0.342 e. The highest BCUT2D eigenvalue weighted by molar-refractivity contribution is 5.84. The van der Waals surface area contributed by atoms with Crippen LogP contribution in [0.3, 0.4) is 0 Å². The standard InChI is InChI=1S/C23H22N6O/c30-23(18-5-6-18)28-11-15(12-28)13-29-14-25-27-22(29)17-3-1-16(2-4-17)19-7-8-21-20(9-19)10-24-26-21/h1-4,7-10,14-15,18H,5-6,11-13H2,(H,24,26). The maximum atomic E-state index is 12.1. The third-order valence-corrected chi connectivity index (χ3v) is 6.18. The van der Waals surface area contributed by atoms with E-state index in [-0.39, 0.29) is 0 Å². The number of hydrogen-bond donors (Lipinski definition) is 1. The van der Waals surface area contributed by atoms with Crippen LogP contribution in [0.15, 0.2) is 55.0 Å². The van der Waals surface area contributed by atoms with Crippen LogP contribution in [0, 0.1) is 11.8 Å². The minimum absolute atomic E-state index is 0.309. The van der Waals surface area contributed by atoms with Crippen LogP contribution in [0.5, 0.6) is 0 Å². The van der Waals surface area contributed by atoms with Gasteiger partial charge in [-0.25, -0.2) is 0 Å². The molecule has 1 saturated heterocycles. The molecule has 7 nitrogen and oxygen atoms in total. The molecule has 30 heavy (non-hydrogen) atoms. The van der Waals surface area contributed by atoms with Crippen LogP contribution in [0.25, 0.3) is 33.4 Å². The van der Waals surface area contributed by atoms with Crippen molar-refractivity contribution < 1.29 is 4.79 Å². The third kappa shape index (κ3) is 3.07. The van der Waals surface area contributed by atoms with E-state index in [0.29, 0.717) is 17.7 Å². The Morgan fingerprint density at radius 1 is 1.03 bits per heavy atom. The summed E-state index contributed by atoms with van der Waals surface area (Å²) in [7, 11) is 0. The first-order valence-electron chi connectivity index (χ1n) is 10.4. The highest BCUT2D eigenvalue weighted by atomic mass is 16.2. The Labute approximate surface area is 173 Å². The molecular weight excluding hydrogens is 376 g/mol. The number of hydrogen-bond acceptors (Lipinski definition) is 4. The predicted molar refractivity (Wildman–Crippen MR) is 113 cm³/mol. The molecule has 3 heterocycles. The summed E-state index contributed by atoms with van der Waals surface area (Å²) in [6.45, 7) is 2.54. The Kier molecular flexibility index (Phi) is 3.94. The lowest BCUT2D eigenvalue weighted by Crippen LogP contribution is -2.51. The lowest BCUT2D eigenvalue weighted by molar-refractivity contribution is -0.139. The lowest BCUT2D eigenvalue weighted by Gasteiger charge is -2.39. The molecule has 2 aromatic heterocycles. The van der Waals surface area contributed by atoms with Crippen LogP contribution in [-0.2, 0) is 11.3 Å². The monoisotopic (exact) mass is 398 g/mol. The van der Waals surface area contributed by atoms with E-state index in [2.05, 4.69) is 67.4 Å². The first-order chi connectivity index (χ1) is 14.7. The molecule has 0 unspecified atom stereocenters. The van der Waals surface area contributed by atoms with E-state index in [9.17, 15) is 4.79 Å². The number of fused-ring (bicyclic) bond motifs is 1. The van der Waals surface area contributed by atoms with Crippen molar-refractivity contribution in [2.24, 2.45) is 11.8 Å². The third-order valence-electron chi connectivity index (χ3n) is 6.18. The van der Waals surface area contributed by atoms with Crippen molar-refractivity contribution in [3.05, 3.63) is 55.0 Å².